The first-order valence-electron chi connectivity index (χ1n) is 11.6. The van der Waals surface area contributed by atoms with Gasteiger partial charge in [0, 0.05) is 16.7 Å². The van der Waals surface area contributed by atoms with Crippen molar-refractivity contribution in [1.29, 1.82) is 0 Å². The Morgan fingerprint density at radius 3 is 2.27 bits per heavy atom. The lowest BCUT2D eigenvalue weighted by Crippen LogP contribution is -2.38. The molecule has 1 aliphatic heterocycles. The lowest BCUT2D eigenvalue weighted by molar-refractivity contribution is -0.138. The summed E-state index contributed by atoms with van der Waals surface area (Å²) >= 11 is 0. The number of para-hydroxylation sites is 1. The van der Waals surface area contributed by atoms with Crippen LogP contribution in [0.5, 0.6) is 0 Å². The number of cyclic esters (lactones) is 1. The van der Waals surface area contributed by atoms with E-state index in [1.807, 2.05) is 24.3 Å². The molecular weight excluding hydrogens is 470 g/mol. The molecule has 0 radical (unpaired) electrons. The van der Waals surface area contributed by atoms with Crippen molar-refractivity contribution in [1.82, 2.24) is 0 Å². The molecule has 0 aliphatic carbocycles. The van der Waals surface area contributed by atoms with Crippen LogP contribution in [0.1, 0.15) is 49.7 Å². The number of esters is 1. The average molecular weight is 491 g/mol. The number of ether oxygens (including phenoxy) is 1. The summed E-state index contributed by atoms with van der Waals surface area (Å²) in [6.45, 7) is 1.34. The maximum Gasteiger partial charge on any atom is 0.339 e. The molecule has 5 rings (SSSR count). The van der Waals surface area contributed by atoms with Crippen molar-refractivity contribution in [2.45, 2.75) is 13.0 Å². The number of amides is 1. The topological polar surface area (TPSA) is 107 Å². The maximum atomic E-state index is 13.8. The highest BCUT2D eigenvalue weighted by molar-refractivity contribution is 6.45. The van der Waals surface area contributed by atoms with Crippen LogP contribution in [0.15, 0.2) is 91.0 Å². The van der Waals surface area contributed by atoms with E-state index >= 15 is 0 Å². The molecule has 1 heterocycles. The zero-order chi connectivity index (χ0) is 26.1. The molecule has 182 valence electrons. The first kappa shape index (κ1) is 23.8. The van der Waals surface area contributed by atoms with Gasteiger partial charge in [-0.05, 0) is 42.0 Å². The Morgan fingerprint density at radius 2 is 1.49 bits per heavy atom. The van der Waals surface area contributed by atoms with Crippen LogP contribution in [0.2, 0.25) is 0 Å². The van der Waals surface area contributed by atoms with Gasteiger partial charge in [0.1, 0.15) is 12.0 Å². The van der Waals surface area contributed by atoms with Crippen LogP contribution in [0.4, 0.5) is 5.69 Å². The summed E-state index contributed by atoms with van der Waals surface area (Å²) in [7, 11) is 0. The second-order valence-corrected chi connectivity index (χ2v) is 8.74. The average Bonchev–Trinajstić information content (AvgIpc) is 3.24. The van der Waals surface area contributed by atoms with Crippen molar-refractivity contribution in [3.05, 3.63) is 113 Å². The molecule has 0 saturated heterocycles. The lowest BCUT2D eigenvalue weighted by Gasteiger charge is -2.21. The molecular formula is C30H21NO6. The highest BCUT2D eigenvalue weighted by Gasteiger charge is 2.46. The molecule has 7 nitrogen and oxygen atoms in total. The van der Waals surface area contributed by atoms with E-state index in [0.717, 1.165) is 10.8 Å². The number of nitrogens with one attached hydrogen (secondary N) is 1. The lowest BCUT2D eigenvalue weighted by atomic mass is 9.84. The normalized spacial score (nSPS) is 14.9. The van der Waals surface area contributed by atoms with Crippen molar-refractivity contribution in [3.8, 4) is 0 Å². The van der Waals surface area contributed by atoms with Gasteiger partial charge in [0.25, 0.3) is 5.91 Å². The second-order valence-electron chi connectivity index (χ2n) is 8.74. The molecule has 2 atom stereocenters. The molecule has 0 unspecified atom stereocenters. The molecule has 4 aromatic rings. The van der Waals surface area contributed by atoms with E-state index in [9.17, 15) is 24.0 Å². The minimum Gasteiger partial charge on any atom is -0.453 e. The van der Waals surface area contributed by atoms with Crippen LogP contribution < -0.4 is 5.32 Å². The zero-order valence-corrected chi connectivity index (χ0v) is 19.8. The fourth-order valence-electron chi connectivity index (χ4n) is 4.56. The fraction of sp³-hybridized carbons (Fsp3) is 0.100. The SMILES string of the molecule is CC(=O)c1ccccc1NC(=O)C(=O)[C@@H](C(=O)c1ccc2ccccc2c1)[C@H]1OC(=O)c2ccccc21. The number of ketones is 3. The quantitative estimate of drug-likeness (QED) is 0.169. The number of benzene rings is 4. The van der Waals surface area contributed by atoms with Gasteiger partial charge in [-0.15, -0.1) is 0 Å². The molecule has 37 heavy (non-hydrogen) atoms. The standard InChI is InChI=1S/C30H21NO6/c1-17(32)21-10-6-7-13-24(21)31-29(35)27(34)25(28-22-11-4-5-12-23(22)30(36)37-28)26(33)20-15-14-18-8-2-3-9-19(18)16-20/h2-16,25,28H,1H3,(H,31,35)/t25-,28+/m1/s1. The molecule has 0 fully saturated rings. The molecule has 4 aromatic carbocycles. The molecule has 0 spiro atoms. The van der Waals surface area contributed by atoms with Crippen LogP contribution in [0.25, 0.3) is 10.8 Å². The number of hydrogen-bond acceptors (Lipinski definition) is 6. The number of fused-ring (bicyclic) bond motifs is 2. The molecule has 7 heteroatoms. The number of anilines is 1. The molecule has 0 bridgehead atoms. The monoisotopic (exact) mass is 491 g/mol. The van der Waals surface area contributed by atoms with Gasteiger partial charge in [0.05, 0.1) is 11.3 Å². The Bertz CT molecular complexity index is 1600. The summed E-state index contributed by atoms with van der Waals surface area (Å²) in [6.07, 6.45) is -1.27. The predicted octanol–water partition coefficient (Wildman–Crippen LogP) is 4.96. The highest BCUT2D eigenvalue weighted by Crippen LogP contribution is 2.38. The third kappa shape index (κ3) is 4.43. The van der Waals surface area contributed by atoms with Crippen molar-refractivity contribution in [2.24, 2.45) is 5.92 Å². The van der Waals surface area contributed by atoms with E-state index in [-0.39, 0.29) is 28.2 Å². The zero-order valence-electron chi connectivity index (χ0n) is 19.8. The molecule has 0 saturated carbocycles. The van der Waals surface area contributed by atoms with Gasteiger partial charge < -0.3 is 10.1 Å². The largest absolute Gasteiger partial charge is 0.453 e. The minimum atomic E-state index is -1.63. The van der Waals surface area contributed by atoms with E-state index in [1.165, 1.54) is 19.1 Å². The van der Waals surface area contributed by atoms with Gasteiger partial charge in [-0.1, -0.05) is 66.7 Å². The molecule has 1 N–H and O–H groups in total. The fourth-order valence-corrected chi connectivity index (χ4v) is 4.56. The van der Waals surface area contributed by atoms with Gasteiger partial charge in [0.15, 0.2) is 11.6 Å². The van der Waals surface area contributed by atoms with E-state index in [1.54, 1.807) is 54.6 Å². The maximum absolute atomic E-state index is 13.8. The highest BCUT2D eigenvalue weighted by atomic mass is 16.5. The predicted molar refractivity (Wildman–Crippen MR) is 136 cm³/mol. The number of carbonyl (C=O) groups is 5. The third-order valence-corrected chi connectivity index (χ3v) is 6.40. The summed E-state index contributed by atoms with van der Waals surface area (Å²) < 4.78 is 5.49. The van der Waals surface area contributed by atoms with Crippen LogP contribution >= 0.6 is 0 Å². The minimum absolute atomic E-state index is 0.147. The van der Waals surface area contributed by atoms with Gasteiger partial charge in [-0.25, -0.2) is 4.79 Å². The van der Waals surface area contributed by atoms with E-state index in [4.69, 9.17) is 4.74 Å². The first-order chi connectivity index (χ1) is 17.8. The van der Waals surface area contributed by atoms with E-state index < -0.39 is 35.5 Å². The number of hydrogen-bond donors (Lipinski definition) is 1. The molecule has 1 aliphatic rings. The Hall–Kier alpha value is -4.91. The number of Topliss-reactive ketones (excluding diaryl/α,β-unsaturated/α-hetero) is 3. The van der Waals surface area contributed by atoms with Crippen LogP contribution in [0.3, 0.4) is 0 Å². The van der Waals surface area contributed by atoms with Gasteiger partial charge >= 0.3 is 5.97 Å². The first-order valence-corrected chi connectivity index (χ1v) is 11.6. The van der Waals surface area contributed by atoms with Crippen molar-refractivity contribution >= 4 is 45.7 Å². The summed E-state index contributed by atoms with van der Waals surface area (Å²) in [4.78, 5) is 65.1. The van der Waals surface area contributed by atoms with E-state index in [2.05, 4.69) is 5.32 Å². The van der Waals surface area contributed by atoms with Crippen LogP contribution in [-0.4, -0.2) is 29.2 Å². The summed E-state index contributed by atoms with van der Waals surface area (Å²) in [5.41, 5.74) is 1.16. The molecule has 1 amide bonds. The Morgan fingerprint density at radius 1 is 0.811 bits per heavy atom. The van der Waals surface area contributed by atoms with Gasteiger partial charge in [-0.2, -0.15) is 0 Å². The smallest absolute Gasteiger partial charge is 0.339 e. The summed E-state index contributed by atoms with van der Waals surface area (Å²) in [5, 5.41) is 4.15. The van der Waals surface area contributed by atoms with E-state index in [0.29, 0.717) is 5.56 Å². The van der Waals surface area contributed by atoms with Crippen LogP contribution in [0, 0.1) is 5.92 Å². The number of carbonyl (C=O) groups excluding carboxylic acids is 5. The Kier molecular flexibility index (Phi) is 6.19. The Labute approximate surface area is 212 Å². The van der Waals surface area contributed by atoms with Gasteiger partial charge in [0.2, 0.25) is 5.78 Å². The molecule has 0 aromatic heterocycles. The Balaban J connectivity index is 1.55. The second kappa shape index (κ2) is 9.62. The summed E-state index contributed by atoms with van der Waals surface area (Å²) in [5.74, 6) is -5.42. The van der Waals surface area contributed by atoms with Crippen molar-refractivity contribution in [3.63, 3.8) is 0 Å². The van der Waals surface area contributed by atoms with Crippen molar-refractivity contribution < 1.29 is 28.7 Å². The number of rotatable bonds is 7. The third-order valence-electron chi connectivity index (χ3n) is 6.40. The van der Waals surface area contributed by atoms with Crippen LogP contribution in [-0.2, 0) is 14.3 Å². The summed E-state index contributed by atoms with van der Waals surface area (Å²) in [6, 6.07) is 25.1. The van der Waals surface area contributed by atoms with Crippen molar-refractivity contribution in [2.75, 3.05) is 5.32 Å². The van der Waals surface area contributed by atoms with Gasteiger partial charge in [-0.3, -0.25) is 19.2 Å².